The minimum Gasteiger partial charge on any atom is -0.493 e. The minimum absolute atomic E-state index is 0.0884. The van der Waals surface area contributed by atoms with Gasteiger partial charge in [0.25, 0.3) is 0 Å². The third-order valence-electron chi connectivity index (χ3n) is 3.23. The zero-order valence-corrected chi connectivity index (χ0v) is 14.6. The summed E-state index contributed by atoms with van der Waals surface area (Å²) in [5.41, 5.74) is 0.774. The Kier molecular flexibility index (Phi) is 8.88. The van der Waals surface area contributed by atoms with E-state index in [2.05, 4.69) is 13.8 Å². The van der Waals surface area contributed by atoms with Crippen molar-refractivity contribution in [3.63, 3.8) is 0 Å². The lowest BCUT2D eigenvalue weighted by Gasteiger charge is -2.14. The maximum atomic E-state index is 11.8. The molecule has 23 heavy (non-hydrogen) atoms. The van der Waals surface area contributed by atoms with Crippen molar-refractivity contribution in [2.24, 2.45) is 0 Å². The van der Waals surface area contributed by atoms with Crippen LogP contribution < -0.4 is 9.47 Å². The van der Waals surface area contributed by atoms with E-state index in [1.165, 1.54) is 6.08 Å². The Morgan fingerprint density at radius 1 is 1.09 bits per heavy atom. The maximum Gasteiger partial charge on any atom is 0.331 e. The minimum atomic E-state index is -0.355. The molecule has 0 aromatic heterocycles. The van der Waals surface area contributed by atoms with Gasteiger partial charge < -0.3 is 14.2 Å². The van der Waals surface area contributed by atoms with Gasteiger partial charge in [0.1, 0.15) is 11.5 Å². The highest BCUT2D eigenvalue weighted by Crippen LogP contribution is 2.30. The predicted molar refractivity (Wildman–Crippen MR) is 92.9 cm³/mol. The van der Waals surface area contributed by atoms with Crippen LogP contribution in [0.4, 0.5) is 0 Å². The van der Waals surface area contributed by atoms with E-state index >= 15 is 0 Å². The van der Waals surface area contributed by atoms with E-state index in [-0.39, 0.29) is 12.1 Å². The summed E-state index contributed by atoms with van der Waals surface area (Å²) in [4.78, 5) is 11.8. The van der Waals surface area contributed by atoms with E-state index in [9.17, 15) is 4.79 Å². The third kappa shape index (κ3) is 6.76. The van der Waals surface area contributed by atoms with Gasteiger partial charge in [-0.1, -0.05) is 26.8 Å². The first-order valence-corrected chi connectivity index (χ1v) is 8.39. The molecule has 0 aliphatic heterocycles. The van der Waals surface area contributed by atoms with Crippen LogP contribution >= 0.6 is 0 Å². The summed E-state index contributed by atoms with van der Waals surface area (Å²) in [5.74, 6) is 1.08. The summed E-state index contributed by atoms with van der Waals surface area (Å²) in [6.07, 6.45) is 5.67. The first-order valence-electron chi connectivity index (χ1n) is 8.39. The van der Waals surface area contributed by atoms with Crippen molar-refractivity contribution in [1.82, 2.24) is 0 Å². The number of rotatable bonds is 10. The van der Waals surface area contributed by atoms with Crippen LogP contribution in [0.2, 0.25) is 0 Å². The fourth-order valence-corrected chi connectivity index (χ4v) is 1.84. The maximum absolute atomic E-state index is 11.8. The van der Waals surface area contributed by atoms with Gasteiger partial charge in [0.15, 0.2) is 0 Å². The molecule has 0 bridgehead atoms. The zero-order chi connectivity index (χ0) is 17.1. The molecule has 0 aliphatic carbocycles. The molecule has 0 amide bonds. The van der Waals surface area contributed by atoms with E-state index in [4.69, 9.17) is 14.2 Å². The normalized spacial score (nSPS) is 12.2. The molecule has 0 heterocycles. The van der Waals surface area contributed by atoms with Crippen LogP contribution in [0, 0.1) is 0 Å². The van der Waals surface area contributed by atoms with Crippen LogP contribution in [0.5, 0.6) is 11.5 Å². The molecule has 0 N–H and O–H groups in total. The topological polar surface area (TPSA) is 44.8 Å². The van der Waals surface area contributed by atoms with Gasteiger partial charge in [0, 0.05) is 6.08 Å². The molecule has 0 spiro atoms. The SMILES string of the molecule is CCCOc1cccc(OCCC)c1C=CC(=O)OC(C)CC. The Balaban J connectivity index is 2.96. The Morgan fingerprint density at radius 2 is 1.65 bits per heavy atom. The molecule has 4 nitrogen and oxygen atoms in total. The summed E-state index contributed by atoms with van der Waals surface area (Å²) < 4.78 is 16.8. The predicted octanol–water partition coefficient (Wildman–Crippen LogP) is 4.62. The van der Waals surface area contributed by atoms with Crippen molar-refractivity contribution >= 4 is 12.0 Å². The van der Waals surface area contributed by atoms with Crippen molar-refractivity contribution in [3.05, 3.63) is 29.8 Å². The van der Waals surface area contributed by atoms with Crippen molar-refractivity contribution in [1.29, 1.82) is 0 Å². The second kappa shape index (κ2) is 10.7. The summed E-state index contributed by atoms with van der Waals surface area (Å²) in [6, 6.07) is 5.66. The first-order chi connectivity index (χ1) is 11.1. The summed E-state index contributed by atoms with van der Waals surface area (Å²) >= 11 is 0. The number of hydrogen-bond acceptors (Lipinski definition) is 4. The highest BCUT2D eigenvalue weighted by atomic mass is 16.5. The Bertz CT molecular complexity index is 482. The Morgan fingerprint density at radius 3 is 2.13 bits per heavy atom. The fourth-order valence-electron chi connectivity index (χ4n) is 1.84. The molecule has 1 aromatic carbocycles. The quantitative estimate of drug-likeness (QED) is 0.466. The van der Waals surface area contributed by atoms with Crippen molar-refractivity contribution in [2.75, 3.05) is 13.2 Å². The number of carbonyl (C=O) groups excluding carboxylic acids is 1. The molecule has 1 rings (SSSR count). The summed E-state index contributed by atoms with van der Waals surface area (Å²) in [6.45, 7) is 9.20. The molecule has 128 valence electrons. The second-order valence-electron chi connectivity index (χ2n) is 5.35. The van der Waals surface area contributed by atoms with Gasteiger partial charge >= 0.3 is 5.97 Å². The van der Waals surface area contributed by atoms with Crippen LogP contribution in [0.15, 0.2) is 24.3 Å². The standard InChI is InChI=1S/C19H28O4/c1-5-13-21-17-9-8-10-18(22-14-6-2)16(17)11-12-19(20)23-15(4)7-3/h8-12,15H,5-7,13-14H2,1-4H3. The monoisotopic (exact) mass is 320 g/mol. The van der Waals surface area contributed by atoms with Gasteiger partial charge in [-0.05, 0) is 44.4 Å². The van der Waals surface area contributed by atoms with Crippen LogP contribution in [0.3, 0.4) is 0 Å². The van der Waals surface area contributed by atoms with E-state index in [1.807, 2.05) is 32.0 Å². The first kappa shape index (κ1) is 19.1. The van der Waals surface area contributed by atoms with Gasteiger partial charge in [0.05, 0.1) is 24.9 Å². The van der Waals surface area contributed by atoms with Crippen LogP contribution in [0.25, 0.3) is 6.08 Å². The molecule has 0 fully saturated rings. The molecular weight excluding hydrogens is 292 g/mol. The molecule has 4 heteroatoms. The average Bonchev–Trinajstić information content (AvgIpc) is 2.56. The lowest BCUT2D eigenvalue weighted by molar-refractivity contribution is -0.142. The summed E-state index contributed by atoms with van der Waals surface area (Å²) in [7, 11) is 0. The lowest BCUT2D eigenvalue weighted by atomic mass is 10.1. The molecule has 1 aromatic rings. The van der Waals surface area contributed by atoms with Crippen LogP contribution in [-0.2, 0) is 9.53 Å². The largest absolute Gasteiger partial charge is 0.493 e. The van der Waals surface area contributed by atoms with Gasteiger partial charge in [-0.2, -0.15) is 0 Å². The molecule has 0 saturated carbocycles. The van der Waals surface area contributed by atoms with E-state index in [0.717, 1.165) is 24.8 Å². The molecule has 0 saturated heterocycles. The zero-order valence-electron chi connectivity index (χ0n) is 14.6. The number of hydrogen-bond donors (Lipinski definition) is 0. The number of benzene rings is 1. The molecule has 1 atom stereocenters. The Hall–Kier alpha value is -1.97. The summed E-state index contributed by atoms with van der Waals surface area (Å²) in [5, 5.41) is 0. The molecule has 1 unspecified atom stereocenters. The van der Waals surface area contributed by atoms with Gasteiger partial charge in [0.2, 0.25) is 0 Å². The van der Waals surface area contributed by atoms with Crippen LogP contribution in [0.1, 0.15) is 52.5 Å². The lowest BCUT2D eigenvalue weighted by Crippen LogP contribution is -2.11. The number of ether oxygens (including phenoxy) is 3. The van der Waals surface area contributed by atoms with Gasteiger partial charge in [-0.3, -0.25) is 0 Å². The molecular formula is C19H28O4. The van der Waals surface area contributed by atoms with E-state index in [0.29, 0.717) is 24.7 Å². The fraction of sp³-hybridized carbons (Fsp3) is 0.526. The van der Waals surface area contributed by atoms with Crippen LogP contribution in [-0.4, -0.2) is 25.3 Å². The third-order valence-corrected chi connectivity index (χ3v) is 3.23. The van der Waals surface area contributed by atoms with E-state index < -0.39 is 0 Å². The molecule has 0 radical (unpaired) electrons. The van der Waals surface area contributed by atoms with Gasteiger partial charge in [-0.25, -0.2) is 4.79 Å². The highest BCUT2D eigenvalue weighted by Gasteiger charge is 2.10. The smallest absolute Gasteiger partial charge is 0.331 e. The number of esters is 1. The number of carbonyl (C=O) groups is 1. The Labute approximate surface area is 139 Å². The molecule has 0 aliphatic rings. The van der Waals surface area contributed by atoms with Gasteiger partial charge in [-0.15, -0.1) is 0 Å². The van der Waals surface area contributed by atoms with E-state index in [1.54, 1.807) is 6.08 Å². The van der Waals surface area contributed by atoms with Crippen molar-refractivity contribution in [2.45, 2.75) is 53.1 Å². The second-order valence-corrected chi connectivity index (χ2v) is 5.35. The van der Waals surface area contributed by atoms with Crippen molar-refractivity contribution in [3.8, 4) is 11.5 Å². The van der Waals surface area contributed by atoms with Crippen molar-refractivity contribution < 1.29 is 19.0 Å². The average molecular weight is 320 g/mol. The highest BCUT2D eigenvalue weighted by molar-refractivity contribution is 5.88.